The molecule has 0 atom stereocenters. The maximum Gasteiger partial charge on any atom is 0.215 e. The Hall–Kier alpha value is -0.820. The van der Waals surface area contributed by atoms with Gasteiger partial charge < -0.3 is 10.9 Å². The van der Waals surface area contributed by atoms with Crippen molar-refractivity contribution in [1.29, 1.82) is 0 Å². The zero-order valence-corrected chi connectivity index (χ0v) is 12.6. The summed E-state index contributed by atoms with van der Waals surface area (Å²) < 4.78 is 26.2. The van der Waals surface area contributed by atoms with Gasteiger partial charge >= 0.3 is 0 Å². The molecular weight excluding hydrogens is 266 g/mol. The standard InChI is InChI=1S/C12H25N3O3S/c1-10(2)15(8-12(13)14-16)19(17,18)9-11-6-4-3-5-7-11/h10-11,16H,3-9H2,1-2H3,(H2,13,14). The van der Waals surface area contributed by atoms with Crippen molar-refractivity contribution in [2.24, 2.45) is 16.8 Å². The maximum absolute atomic E-state index is 12.4. The second-order valence-electron chi connectivity index (χ2n) is 5.51. The Balaban J connectivity index is 2.74. The van der Waals surface area contributed by atoms with Gasteiger partial charge in [-0.25, -0.2) is 8.42 Å². The number of hydrogen-bond acceptors (Lipinski definition) is 4. The van der Waals surface area contributed by atoms with Gasteiger partial charge in [-0.3, -0.25) is 0 Å². The second-order valence-corrected chi connectivity index (χ2v) is 7.48. The van der Waals surface area contributed by atoms with E-state index in [1.165, 1.54) is 10.7 Å². The molecule has 112 valence electrons. The Kier molecular flexibility index (Phi) is 6.06. The molecule has 0 aromatic carbocycles. The Morgan fingerprint density at radius 2 is 1.95 bits per heavy atom. The van der Waals surface area contributed by atoms with Crippen LogP contribution in [-0.2, 0) is 10.0 Å². The topological polar surface area (TPSA) is 96.0 Å². The first-order chi connectivity index (χ1) is 8.86. The largest absolute Gasteiger partial charge is 0.409 e. The molecule has 1 aliphatic rings. The predicted molar refractivity (Wildman–Crippen MR) is 75.6 cm³/mol. The third-order valence-electron chi connectivity index (χ3n) is 3.55. The van der Waals surface area contributed by atoms with Crippen molar-refractivity contribution >= 4 is 15.9 Å². The SMILES string of the molecule is CC(C)N(CC(N)=NO)S(=O)(=O)CC1CCCCC1. The summed E-state index contributed by atoms with van der Waals surface area (Å²) in [5.74, 6) is 0.331. The van der Waals surface area contributed by atoms with E-state index in [1.807, 2.05) is 0 Å². The van der Waals surface area contributed by atoms with E-state index in [0.717, 1.165) is 25.7 Å². The van der Waals surface area contributed by atoms with Gasteiger partial charge in [0.25, 0.3) is 0 Å². The molecule has 7 heteroatoms. The van der Waals surface area contributed by atoms with E-state index in [4.69, 9.17) is 10.9 Å². The van der Waals surface area contributed by atoms with Gasteiger partial charge in [-0.1, -0.05) is 24.4 Å². The van der Waals surface area contributed by atoms with Crippen LogP contribution in [0.15, 0.2) is 5.16 Å². The zero-order valence-electron chi connectivity index (χ0n) is 11.7. The van der Waals surface area contributed by atoms with Gasteiger partial charge in [0.05, 0.1) is 12.3 Å². The molecule has 6 nitrogen and oxygen atoms in total. The third kappa shape index (κ3) is 4.99. The van der Waals surface area contributed by atoms with Crippen molar-refractivity contribution in [3.05, 3.63) is 0 Å². The van der Waals surface area contributed by atoms with E-state index in [9.17, 15) is 8.42 Å². The summed E-state index contributed by atoms with van der Waals surface area (Å²) in [6, 6.07) is -0.200. The van der Waals surface area contributed by atoms with E-state index in [1.54, 1.807) is 13.8 Å². The molecular formula is C12H25N3O3S. The fourth-order valence-electron chi connectivity index (χ4n) is 2.54. The highest BCUT2D eigenvalue weighted by Gasteiger charge is 2.29. The van der Waals surface area contributed by atoms with Crippen molar-refractivity contribution in [1.82, 2.24) is 4.31 Å². The molecule has 0 unspecified atom stereocenters. The highest BCUT2D eigenvalue weighted by atomic mass is 32.2. The Morgan fingerprint density at radius 3 is 2.42 bits per heavy atom. The van der Waals surface area contributed by atoms with Crippen LogP contribution in [0.1, 0.15) is 46.0 Å². The molecule has 0 heterocycles. The molecule has 1 rings (SSSR count). The number of sulfonamides is 1. The molecule has 0 amide bonds. The Bertz CT molecular complexity index is 400. The van der Waals surface area contributed by atoms with Crippen LogP contribution in [0, 0.1) is 5.92 Å². The van der Waals surface area contributed by atoms with Crippen LogP contribution in [0.2, 0.25) is 0 Å². The molecule has 0 aliphatic heterocycles. The van der Waals surface area contributed by atoms with Gasteiger partial charge in [-0.05, 0) is 32.6 Å². The minimum atomic E-state index is -3.37. The average molecular weight is 291 g/mol. The molecule has 0 aromatic rings. The van der Waals surface area contributed by atoms with Gasteiger partial charge in [0.2, 0.25) is 10.0 Å². The number of nitrogens with two attached hydrogens (primary N) is 1. The number of rotatable bonds is 6. The summed E-state index contributed by atoms with van der Waals surface area (Å²) in [5.41, 5.74) is 5.44. The summed E-state index contributed by atoms with van der Waals surface area (Å²) in [4.78, 5) is 0. The molecule has 0 spiro atoms. The zero-order chi connectivity index (χ0) is 14.5. The summed E-state index contributed by atoms with van der Waals surface area (Å²) >= 11 is 0. The van der Waals surface area contributed by atoms with E-state index in [-0.39, 0.29) is 30.1 Å². The van der Waals surface area contributed by atoms with Gasteiger partial charge in [-0.2, -0.15) is 4.31 Å². The van der Waals surface area contributed by atoms with E-state index in [0.29, 0.717) is 0 Å². The lowest BCUT2D eigenvalue weighted by Gasteiger charge is -2.29. The van der Waals surface area contributed by atoms with Crippen LogP contribution in [0.5, 0.6) is 0 Å². The quantitative estimate of drug-likeness (QED) is 0.334. The van der Waals surface area contributed by atoms with E-state index >= 15 is 0 Å². The van der Waals surface area contributed by atoms with E-state index in [2.05, 4.69) is 5.16 Å². The fraction of sp³-hybridized carbons (Fsp3) is 0.917. The van der Waals surface area contributed by atoms with Crippen molar-refractivity contribution in [3.8, 4) is 0 Å². The third-order valence-corrected chi connectivity index (χ3v) is 5.71. The van der Waals surface area contributed by atoms with Crippen LogP contribution in [0.4, 0.5) is 0 Å². The van der Waals surface area contributed by atoms with Gasteiger partial charge in [-0.15, -0.1) is 0 Å². The number of amidine groups is 1. The molecule has 0 radical (unpaired) electrons. The predicted octanol–water partition coefficient (Wildman–Crippen LogP) is 1.35. The average Bonchev–Trinajstić information content (AvgIpc) is 2.35. The first-order valence-corrected chi connectivity index (χ1v) is 8.43. The summed E-state index contributed by atoms with van der Waals surface area (Å²) in [6.07, 6.45) is 5.39. The molecule has 1 fully saturated rings. The summed E-state index contributed by atoms with van der Waals surface area (Å²) in [5, 5.41) is 11.5. The van der Waals surface area contributed by atoms with Crippen molar-refractivity contribution < 1.29 is 13.6 Å². The number of oxime groups is 1. The monoisotopic (exact) mass is 291 g/mol. The molecule has 0 bridgehead atoms. The van der Waals surface area contributed by atoms with Crippen molar-refractivity contribution in [2.45, 2.75) is 52.0 Å². The molecule has 19 heavy (non-hydrogen) atoms. The minimum absolute atomic E-state index is 0.0524. The van der Waals surface area contributed by atoms with Crippen LogP contribution in [0.3, 0.4) is 0 Å². The maximum atomic E-state index is 12.4. The number of hydrogen-bond donors (Lipinski definition) is 2. The summed E-state index contributed by atoms with van der Waals surface area (Å²) in [6.45, 7) is 3.54. The Morgan fingerprint density at radius 1 is 1.37 bits per heavy atom. The van der Waals surface area contributed by atoms with Gasteiger partial charge in [0, 0.05) is 6.04 Å². The lowest BCUT2D eigenvalue weighted by atomic mass is 9.91. The second kappa shape index (κ2) is 7.09. The first kappa shape index (κ1) is 16.2. The fourth-order valence-corrected chi connectivity index (χ4v) is 4.63. The lowest BCUT2D eigenvalue weighted by Crippen LogP contribution is -2.45. The molecule has 3 N–H and O–H groups in total. The first-order valence-electron chi connectivity index (χ1n) is 6.82. The normalized spacial score (nSPS) is 19.3. The van der Waals surface area contributed by atoms with Gasteiger partial charge in [0.15, 0.2) is 5.84 Å². The highest BCUT2D eigenvalue weighted by Crippen LogP contribution is 2.26. The molecule has 0 saturated heterocycles. The highest BCUT2D eigenvalue weighted by molar-refractivity contribution is 7.89. The molecule has 1 saturated carbocycles. The van der Waals surface area contributed by atoms with Crippen LogP contribution in [0.25, 0.3) is 0 Å². The lowest BCUT2D eigenvalue weighted by molar-refractivity contribution is 0.311. The van der Waals surface area contributed by atoms with Crippen molar-refractivity contribution in [2.75, 3.05) is 12.3 Å². The smallest absolute Gasteiger partial charge is 0.215 e. The minimum Gasteiger partial charge on any atom is -0.409 e. The van der Waals surface area contributed by atoms with Gasteiger partial charge in [0.1, 0.15) is 0 Å². The van der Waals surface area contributed by atoms with E-state index < -0.39 is 10.0 Å². The Labute approximate surface area is 115 Å². The molecule has 0 aromatic heterocycles. The summed E-state index contributed by atoms with van der Waals surface area (Å²) in [7, 11) is -3.37. The van der Waals surface area contributed by atoms with Crippen LogP contribution in [-0.4, -0.2) is 42.1 Å². The van der Waals surface area contributed by atoms with Crippen molar-refractivity contribution in [3.63, 3.8) is 0 Å². The van der Waals surface area contributed by atoms with Crippen LogP contribution >= 0.6 is 0 Å². The molecule has 1 aliphatic carbocycles. The number of nitrogens with zero attached hydrogens (tertiary/aromatic N) is 2. The van der Waals surface area contributed by atoms with Crippen LogP contribution < -0.4 is 5.73 Å².